The Kier molecular flexibility index (Phi) is 4.30. The standard InChI is InChI=1S/C16H12F5N/c1-3-14(16(19,20)21)15-9(2)4-11(8-22-15)10-5-12(17)7-13(18)6-10/h3-8H,1-2H3/b14-3+. The third-order valence-corrected chi connectivity index (χ3v) is 3.12. The van der Waals surface area contributed by atoms with Crippen molar-refractivity contribution in [1.29, 1.82) is 0 Å². The summed E-state index contributed by atoms with van der Waals surface area (Å²) in [6, 6.07) is 4.34. The molecule has 0 aliphatic carbocycles. The Labute approximate surface area is 124 Å². The normalized spacial score (nSPS) is 12.6. The molecule has 0 bridgehead atoms. The van der Waals surface area contributed by atoms with Gasteiger partial charge in [0, 0.05) is 17.8 Å². The zero-order chi connectivity index (χ0) is 16.5. The molecule has 0 spiro atoms. The summed E-state index contributed by atoms with van der Waals surface area (Å²) in [5, 5.41) is 0. The smallest absolute Gasteiger partial charge is 0.255 e. The van der Waals surface area contributed by atoms with Crippen molar-refractivity contribution in [2.24, 2.45) is 0 Å². The largest absolute Gasteiger partial charge is 0.418 e. The van der Waals surface area contributed by atoms with Crippen molar-refractivity contribution in [3.63, 3.8) is 0 Å². The maximum atomic E-state index is 13.2. The van der Waals surface area contributed by atoms with Gasteiger partial charge in [0.25, 0.3) is 0 Å². The van der Waals surface area contributed by atoms with Crippen LogP contribution in [0.25, 0.3) is 16.7 Å². The molecule has 0 radical (unpaired) electrons. The Morgan fingerprint density at radius 1 is 1.00 bits per heavy atom. The van der Waals surface area contributed by atoms with Crippen LogP contribution in [0.3, 0.4) is 0 Å². The highest BCUT2D eigenvalue weighted by molar-refractivity contribution is 5.72. The van der Waals surface area contributed by atoms with Gasteiger partial charge in [-0.25, -0.2) is 8.78 Å². The molecular formula is C16H12F5N. The highest BCUT2D eigenvalue weighted by Gasteiger charge is 2.35. The number of alkyl halides is 3. The van der Waals surface area contributed by atoms with Crippen molar-refractivity contribution in [1.82, 2.24) is 4.98 Å². The van der Waals surface area contributed by atoms with E-state index < -0.39 is 23.4 Å². The predicted molar refractivity (Wildman–Crippen MR) is 74.0 cm³/mol. The van der Waals surface area contributed by atoms with E-state index in [9.17, 15) is 22.0 Å². The molecule has 0 amide bonds. The van der Waals surface area contributed by atoms with Gasteiger partial charge in [0.2, 0.25) is 0 Å². The Hall–Kier alpha value is -2.24. The SMILES string of the molecule is C/C=C(\c1ncc(-c2cc(F)cc(F)c2)cc1C)C(F)(F)F. The summed E-state index contributed by atoms with van der Waals surface area (Å²) >= 11 is 0. The van der Waals surface area contributed by atoms with Crippen LogP contribution in [0, 0.1) is 18.6 Å². The van der Waals surface area contributed by atoms with Crippen molar-refractivity contribution < 1.29 is 22.0 Å². The molecule has 0 aliphatic rings. The number of aromatic nitrogens is 1. The monoisotopic (exact) mass is 313 g/mol. The van der Waals surface area contributed by atoms with E-state index in [1.165, 1.54) is 26.1 Å². The highest BCUT2D eigenvalue weighted by Crippen LogP contribution is 2.35. The summed E-state index contributed by atoms with van der Waals surface area (Å²) in [5.74, 6) is -1.53. The van der Waals surface area contributed by atoms with E-state index in [0.717, 1.165) is 24.3 Å². The summed E-state index contributed by atoms with van der Waals surface area (Å²) < 4.78 is 65.2. The lowest BCUT2D eigenvalue weighted by atomic mass is 10.0. The molecule has 1 nitrogen and oxygen atoms in total. The van der Waals surface area contributed by atoms with Crippen LogP contribution in [-0.4, -0.2) is 11.2 Å². The molecule has 6 heteroatoms. The minimum Gasteiger partial charge on any atom is -0.255 e. The third-order valence-electron chi connectivity index (χ3n) is 3.12. The average Bonchev–Trinajstić information content (AvgIpc) is 2.38. The Bertz CT molecular complexity index is 712. The second kappa shape index (κ2) is 5.87. The maximum absolute atomic E-state index is 13.2. The van der Waals surface area contributed by atoms with Crippen LogP contribution in [0.5, 0.6) is 0 Å². The lowest BCUT2D eigenvalue weighted by molar-refractivity contribution is -0.0692. The van der Waals surface area contributed by atoms with Gasteiger partial charge in [-0.3, -0.25) is 4.98 Å². The van der Waals surface area contributed by atoms with Crippen LogP contribution in [0.4, 0.5) is 22.0 Å². The summed E-state index contributed by atoms with van der Waals surface area (Å²) in [6.07, 6.45) is -2.40. The second-order valence-corrected chi connectivity index (χ2v) is 4.75. The molecule has 0 aliphatic heterocycles. The number of pyridine rings is 1. The fraction of sp³-hybridized carbons (Fsp3) is 0.188. The Morgan fingerprint density at radius 3 is 2.05 bits per heavy atom. The summed E-state index contributed by atoms with van der Waals surface area (Å²) in [4.78, 5) is 3.82. The van der Waals surface area contributed by atoms with Gasteiger partial charge < -0.3 is 0 Å². The van der Waals surface area contributed by atoms with E-state index >= 15 is 0 Å². The van der Waals surface area contributed by atoms with Crippen LogP contribution in [0.2, 0.25) is 0 Å². The fourth-order valence-corrected chi connectivity index (χ4v) is 2.17. The van der Waals surface area contributed by atoms with Gasteiger partial charge in [-0.05, 0) is 43.2 Å². The second-order valence-electron chi connectivity index (χ2n) is 4.75. The van der Waals surface area contributed by atoms with Crippen LogP contribution in [0.15, 0.2) is 36.5 Å². The van der Waals surface area contributed by atoms with Gasteiger partial charge >= 0.3 is 6.18 Å². The van der Waals surface area contributed by atoms with Gasteiger partial charge in [0.05, 0.1) is 11.3 Å². The fourth-order valence-electron chi connectivity index (χ4n) is 2.17. The molecule has 1 aromatic carbocycles. The van der Waals surface area contributed by atoms with Crippen LogP contribution >= 0.6 is 0 Å². The van der Waals surface area contributed by atoms with Crippen molar-refractivity contribution >= 4 is 5.57 Å². The van der Waals surface area contributed by atoms with E-state index in [2.05, 4.69) is 4.98 Å². The molecule has 2 rings (SSSR count). The predicted octanol–water partition coefficient (Wildman–Crippen LogP) is 5.30. The lowest BCUT2D eigenvalue weighted by Crippen LogP contribution is -2.13. The number of hydrogen-bond acceptors (Lipinski definition) is 1. The van der Waals surface area contributed by atoms with Gasteiger partial charge in [0.1, 0.15) is 11.6 Å². The molecule has 116 valence electrons. The van der Waals surface area contributed by atoms with Crippen molar-refractivity contribution in [3.05, 3.63) is 59.4 Å². The molecule has 22 heavy (non-hydrogen) atoms. The van der Waals surface area contributed by atoms with Gasteiger partial charge in [-0.15, -0.1) is 0 Å². The van der Waals surface area contributed by atoms with E-state index in [0.29, 0.717) is 5.56 Å². The maximum Gasteiger partial charge on any atom is 0.418 e. The molecular weight excluding hydrogens is 301 g/mol. The summed E-state index contributed by atoms with van der Waals surface area (Å²) in [5.41, 5.74) is -0.212. The molecule has 0 saturated carbocycles. The number of hydrogen-bond donors (Lipinski definition) is 0. The average molecular weight is 313 g/mol. The molecule has 0 unspecified atom stereocenters. The first kappa shape index (κ1) is 16.1. The zero-order valence-electron chi connectivity index (χ0n) is 11.8. The first-order chi connectivity index (χ1) is 10.2. The van der Waals surface area contributed by atoms with Crippen LogP contribution in [-0.2, 0) is 0 Å². The highest BCUT2D eigenvalue weighted by atomic mass is 19.4. The lowest BCUT2D eigenvalue weighted by Gasteiger charge is -2.14. The van der Waals surface area contributed by atoms with Gasteiger partial charge in [-0.1, -0.05) is 6.08 Å². The first-order valence-corrected chi connectivity index (χ1v) is 6.39. The topological polar surface area (TPSA) is 12.9 Å². The molecule has 0 saturated heterocycles. The van der Waals surface area contributed by atoms with E-state index in [4.69, 9.17) is 0 Å². The number of halogens is 5. The number of rotatable bonds is 2. The number of aryl methyl sites for hydroxylation is 1. The molecule has 0 fully saturated rings. The number of allylic oxidation sites excluding steroid dienone is 2. The Balaban J connectivity index is 2.50. The molecule has 0 N–H and O–H groups in total. The van der Waals surface area contributed by atoms with Crippen LogP contribution < -0.4 is 0 Å². The van der Waals surface area contributed by atoms with Crippen LogP contribution in [0.1, 0.15) is 18.2 Å². The van der Waals surface area contributed by atoms with E-state index in [1.54, 1.807) is 0 Å². The Morgan fingerprint density at radius 2 is 1.59 bits per heavy atom. The first-order valence-electron chi connectivity index (χ1n) is 6.39. The van der Waals surface area contributed by atoms with E-state index in [-0.39, 0.29) is 16.8 Å². The van der Waals surface area contributed by atoms with E-state index in [1.807, 2.05) is 0 Å². The van der Waals surface area contributed by atoms with Gasteiger partial charge in [-0.2, -0.15) is 13.2 Å². The summed E-state index contributed by atoms with van der Waals surface area (Å²) in [7, 11) is 0. The minimum absolute atomic E-state index is 0.198. The van der Waals surface area contributed by atoms with Crippen molar-refractivity contribution in [2.75, 3.05) is 0 Å². The third kappa shape index (κ3) is 3.32. The van der Waals surface area contributed by atoms with Crippen molar-refractivity contribution in [3.8, 4) is 11.1 Å². The quantitative estimate of drug-likeness (QED) is 0.686. The zero-order valence-corrected chi connectivity index (χ0v) is 11.8. The number of nitrogens with zero attached hydrogens (tertiary/aromatic N) is 1. The van der Waals surface area contributed by atoms with Crippen molar-refractivity contribution in [2.45, 2.75) is 20.0 Å². The molecule has 1 heterocycles. The molecule has 2 aromatic rings. The molecule has 1 aromatic heterocycles. The summed E-state index contributed by atoms with van der Waals surface area (Å²) in [6.45, 7) is 2.75. The van der Waals surface area contributed by atoms with Gasteiger partial charge in [0.15, 0.2) is 0 Å². The number of benzene rings is 1. The minimum atomic E-state index is -4.51. The molecule has 0 atom stereocenters.